The van der Waals surface area contributed by atoms with Gasteiger partial charge in [0, 0.05) is 13.8 Å². The minimum absolute atomic E-state index is 0.339. The number of aliphatic hydroxyl groups excluding tert-OH is 1. The molecule has 0 rings (SSSR count). The van der Waals surface area contributed by atoms with Gasteiger partial charge < -0.3 is 20.3 Å². The van der Waals surface area contributed by atoms with Crippen molar-refractivity contribution in [1.29, 1.82) is 0 Å². The van der Waals surface area contributed by atoms with Crippen LogP contribution in [0.2, 0.25) is 0 Å². The molecule has 0 aromatic carbocycles. The van der Waals surface area contributed by atoms with Gasteiger partial charge in [-0.05, 0) is 12.8 Å². The van der Waals surface area contributed by atoms with Gasteiger partial charge in [0.25, 0.3) is 0 Å². The molecule has 0 bridgehead atoms. The van der Waals surface area contributed by atoms with Crippen molar-refractivity contribution >= 4 is 11.9 Å². The van der Waals surface area contributed by atoms with Crippen LogP contribution >= 0.6 is 0 Å². The minimum atomic E-state index is -0.820. The summed E-state index contributed by atoms with van der Waals surface area (Å²) in [5, 5.41) is 9.32. The summed E-state index contributed by atoms with van der Waals surface area (Å²) in [6.45, 7) is 4.51. The highest BCUT2D eigenvalue weighted by atomic mass is 16.6. The molecule has 0 aliphatic rings. The van der Waals surface area contributed by atoms with Crippen LogP contribution in [-0.2, 0) is 19.1 Å². The SMILES string of the molecule is CCCCCCCCCCCCCC[C@@H](OC(C)=O)[C@@H](OC(C)=O)[C@H](N)CO. The lowest BCUT2D eigenvalue weighted by molar-refractivity contribution is -0.168. The Balaban J connectivity index is 4.05. The van der Waals surface area contributed by atoms with E-state index in [0.29, 0.717) is 6.42 Å². The molecule has 6 nitrogen and oxygen atoms in total. The Morgan fingerprint density at radius 1 is 0.786 bits per heavy atom. The molecule has 3 N–H and O–H groups in total. The van der Waals surface area contributed by atoms with Crippen LogP contribution in [0.5, 0.6) is 0 Å². The quantitative estimate of drug-likeness (QED) is 0.263. The van der Waals surface area contributed by atoms with Crippen LogP contribution in [0.1, 0.15) is 104 Å². The van der Waals surface area contributed by atoms with Crippen LogP contribution in [0.4, 0.5) is 0 Å². The number of rotatable bonds is 18. The second kappa shape index (κ2) is 17.9. The van der Waals surface area contributed by atoms with Crippen molar-refractivity contribution < 1.29 is 24.2 Å². The Bertz CT molecular complexity index is 402. The molecule has 0 aromatic rings. The molecule has 0 saturated carbocycles. The number of ether oxygens (including phenoxy) is 2. The molecular formula is C22H43NO5. The third kappa shape index (κ3) is 14.9. The van der Waals surface area contributed by atoms with E-state index in [0.717, 1.165) is 19.3 Å². The lowest BCUT2D eigenvalue weighted by Crippen LogP contribution is -2.49. The van der Waals surface area contributed by atoms with Gasteiger partial charge >= 0.3 is 11.9 Å². The molecule has 0 unspecified atom stereocenters. The van der Waals surface area contributed by atoms with Gasteiger partial charge in [-0.1, -0.05) is 77.6 Å². The summed E-state index contributed by atoms with van der Waals surface area (Å²) in [4.78, 5) is 22.7. The topological polar surface area (TPSA) is 98.9 Å². The number of hydrogen-bond acceptors (Lipinski definition) is 6. The molecule has 0 radical (unpaired) electrons. The maximum absolute atomic E-state index is 11.4. The maximum atomic E-state index is 11.4. The van der Waals surface area contributed by atoms with E-state index in [4.69, 9.17) is 15.2 Å². The predicted octanol–water partition coefficient (Wildman–Crippen LogP) is 4.26. The summed E-state index contributed by atoms with van der Waals surface area (Å²) in [5.41, 5.74) is 5.86. The summed E-state index contributed by atoms with van der Waals surface area (Å²) in [6, 6.07) is -0.773. The Hall–Kier alpha value is -1.14. The molecule has 3 atom stereocenters. The summed E-state index contributed by atoms with van der Waals surface area (Å²) >= 11 is 0. The molecule has 0 heterocycles. The maximum Gasteiger partial charge on any atom is 0.303 e. The standard InChI is InChI=1S/C22H43NO5/c1-4-5-6-7-8-9-10-11-12-13-14-15-16-21(27-18(2)25)22(20(23)17-24)28-19(3)26/h20-22,24H,4-17,23H2,1-3H3/t20-,21-,22+/m1/s1. The smallest absolute Gasteiger partial charge is 0.303 e. The van der Waals surface area contributed by atoms with Gasteiger partial charge in [-0.3, -0.25) is 9.59 Å². The van der Waals surface area contributed by atoms with Crippen molar-refractivity contribution in [1.82, 2.24) is 0 Å². The Morgan fingerprint density at radius 2 is 1.21 bits per heavy atom. The van der Waals surface area contributed by atoms with Crippen LogP contribution in [0.3, 0.4) is 0 Å². The number of nitrogens with two attached hydrogens (primary N) is 1. The summed E-state index contributed by atoms with van der Waals surface area (Å²) in [7, 11) is 0. The molecule has 0 spiro atoms. The average Bonchev–Trinajstić information content (AvgIpc) is 2.65. The molecule has 0 amide bonds. The van der Waals surface area contributed by atoms with E-state index in [1.807, 2.05) is 0 Å². The largest absolute Gasteiger partial charge is 0.459 e. The average molecular weight is 402 g/mol. The Morgan fingerprint density at radius 3 is 1.61 bits per heavy atom. The fraction of sp³-hybridized carbons (Fsp3) is 0.909. The fourth-order valence-electron chi connectivity index (χ4n) is 3.42. The first kappa shape index (κ1) is 26.9. The zero-order valence-corrected chi connectivity index (χ0v) is 18.3. The van der Waals surface area contributed by atoms with Gasteiger partial charge in [-0.25, -0.2) is 0 Å². The molecule has 0 saturated heterocycles. The van der Waals surface area contributed by atoms with Crippen molar-refractivity contribution in [3.8, 4) is 0 Å². The number of carbonyl (C=O) groups excluding carboxylic acids is 2. The van der Waals surface area contributed by atoms with Crippen molar-refractivity contribution in [2.24, 2.45) is 5.73 Å². The third-order valence-corrected chi connectivity index (χ3v) is 4.96. The van der Waals surface area contributed by atoms with E-state index in [9.17, 15) is 14.7 Å². The number of unbranched alkanes of at least 4 members (excludes halogenated alkanes) is 11. The highest BCUT2D eigenvalue weighted by molar-refractivity contribution is 5.67. The molecule has 0 aliphatic carbocycles. The number of carbonyl (C=O) groups is 2. The van der Waals surface area contributed by atoms with Crippen molar-refractivity contribution in [2.45, 2.75) is 122 Å². The molecule has 28 heavy (non-hydrogen) atoms. The van der Waals surface area contributed by atoms with E-state index >= 15 is 0 Å². The summed E-state index contributed by atoms with van der Waals surface area (Å²) < 4.78 is 10.6. The van der Waals surface area contributed by atoms with E-state index in [2.05, 4.69) is 6.92 Å². The van der Waals surface area contributed by atoms with E-state index < -0.39 is 30.2 Å². The number of esters is 2. The van der Waals surface area contributed by atoms with E-state index in [-0.39, 0.29) is 6.61 Å². The van der Waals surface area contributed by atoms with Crippen LogP contribution < -0.4 is 5.73 Å². The molecular weight excluding hydrogens is 358 g/mol. The van der Waals surface area contributed by atoms with Crippen molar-refractivity contribution in [2.75, 3.05) is 6.61 Å². The number of hydrogen-bond donors (Lipinski definition) is 2. The zero-order chi connectivity index (χ0) is 21.2. The van der Waals surface area contributed by atoms with Gasteiger partial charge in [0.15, 0.2) is 6.10 Å². The summed E-state index contributed by atoms with van der Waals surface area (Å²) in [6.07, 6.45) is 14.1. The normalized spacial score (nSPS) is 14.3. The second-order valence-corrected chi connectivity index (χ2v) is 7.75. The predicted molar refractivity (Wildman–Crippen MR) is 112 cm³/mol. The lowest BCUT2D eigenvalue weighted by Gasteiger charge is -2.29. The fourth-order valence-corrected chi connectivity index (χ4v) is 3.42. The van der Waals surface area contributed by atoms with Crippen LogP contribution in [0, 0.1) is 0 Å². The molecule has 166 valence electrons. The highest BCUT2D eigenvalue weighted by Crippen LogP contribution is 2.18. The minimum Gasteiger partial charge on any atom is -0.459 e. The third-order valence-electron chi connectivity index (χ3n) is 4.96. The van der Waals surface area contributed by atoms with Gasteiger partial charge in [-0.2, -0.15) is 0 Å². The number of aliphatic hydroxyl groups is 1. The van der Waals surface area contributed by atoms with Crippen LogP contribution in [-0.4, -0.2) is 41.9 Å². The second-order valence-electron chi connectivity index (χ2n) is 7.75. The van der Waals surface area contributed by atoms with Crippen molar-refractivity contribution in [3.05, 3.63) is 0 Å². The molecule has 0 aromatic heterocycles. The van der Waals surface area contributed by atoms with Gasteiger partial charge in [0.05, 0.1) is 12.6 Å². The molecule has 0 aliphatic heterocycles. The van der Waals surface area contributed by atoms with Gasteiger partial charge in [-0.15, -0.1) is 0 Å². The lowest BCUT2D eigenvalue weighted by atomic mass is 9.99. The van der Waals surface area contributed by atoms with Gasteiger partial charge in [0.2, 0.25) is 0 Å². The Kier molecular flexibility index (Phi) is 17.2. The highest BCUT2D eigenvalue weighted by Gasteiger charge is 2.32. The van der Waals surface area contributed by atoms with Crippen molar-refractivity contribution in [3.63, 3.8) is 0 Å². The van der Waals surface area contributed by atoms with Gasteiger partial charge in [0.1, 0.15) is 6.10 Å². The monoisotopic (exact) mass is 401 g/mol. The zero-order valence-electron chi connectivity index (χ0n) is 18.3. The molecule has 6 heteroatoms. The first-order valence-corrected chi connectivity index (χ1v) is 11.1. The van der Waals surface area contributed by atoms with E-state index in [1.165, 1.54) is 71.6 Å². The Labute approximate surface area is 171 Å². The molecule has 0 fully saturated rings. The summed E-state index contributed by atoms with van der Waals surface area (Å²) in [5.74, 6) is -0.938. The first-order chi connectivity index (χ1) is 13.4. The first-order valence-electron chi connectivity index (χ1n) is 11.1. The van der Waals surface area contributed by atoms with Crippen LogP contribution in [0.15, 0.2) is 0 Å². The van der Waals surface area contributed by atoms with Crippen LogP contribution in [0.25, 0.3) is 0 Å². The van der Waals surface area contributed by atoms with E-state index in [1.54, 1.807) is 0 Å².